The average molecular weight is 451 g/mol. The van der Waals surface area contributed by atoms with Crippen molar-refractivity contribution in [2.45, 2.75) is 0 Å². The van der Waals surface area contributed by atoms with E-state index in [0.29, 0.717) is 10.7 Å². The second-order valence-corrected chi connectivity index (χ2v) is 7.21. The van der Waals surface area contributed by atoms with Crippen molar-refractivity contribution in [3.8, 4) is 0 Å². The van der Waals surface area contributed by atoms with Gasteiger partial charge in [-0.2, -0.15) is 0 Å². The molecule has 1 heterocycles. The van der Waals surface area contributed by atoms with Crippen LogP contribution in [0.25, 0.3) is 0 Å². The monoisotopic (exact) mass is 451 g/mol. The summed E-state index contributed by atoms with van der Waals surface area (Å²) in [6.07, 6.45) is 0. The average Bonchev–Trinajstić information content (AvgIpc) is 2.63. The maximum atomic E-state index is 12.3. The van der Waals surface area contributed by atoms with Gasteiger partial charge >= 0.3 is 0 Å². The summed E-state index contributed by atoms with van der Waals surface area (Å²) in [5, 5.41) is 3.34. The molecule has 24 heavy (non-hydrogen) atoms. The molecule has 3 rings (SSSR count). The quantitative estimate of drug-likeness (QED) is 0.563. The first-order chi connectivity index (χ1) is 11.6. The van der Waals surface area contributed by atoms with Gasteiger partial charge in [0.05, 0.1) is 0 Å². The van der Waals surface area contributed by atoms with Crippen LogP contribution in [-0.4, -0.2) is 42.1 Å². The molecule has 1 aliphatic rings. The fourth-order valence-electron chi connectivity index (χ4n) is 2.66. The van der Waals surface area contributed by atoms with E-state index in [1.54, 1.807) is 0 Å². The van der Waals surface area contributed by atoms with Gasteiger partial charge in [-0.15, -0.1) is 0 Å². The number of nitrogens with one attached hydrogen (secondary N) is 1. The van der Waals surface area contributed by atoms with E-state index in [0.717, 1.165) is 29.7 Å². The lowest BCUT2D eigenvalue weighted by atomic mass is 10.2. The third-order valence-electron chi connectivity index (χ3n) is 4.02. The van der Waals surface area contributed by atoms with Crippen molar-refractivity contribution in [3.63, 3.8) is 0 Å². The number of hydrogen-bond acceptors (Lipinski definition) is 3. The van der Waals surface area contributed by atoms with Crippen LogP contribution in [0.4, 0.5) is 5.69 Å². The highest BCUT2D eigenvalue weighted by molar-refractivity contribution is 14.1. The zero-order valence-corrected chi connectivity index (χ0v) is 16.1. The number of anilines is 1. The lowest BCUT2D eigenvalue weighted by molar-refractivity contribution is 0.0973. The highest BCUT2D eigenvalue weighted by Gasteiger charge is 2.20. The fraction of sp³-hybridized carbons (Fsp3) is 0.222. The largest absolute Gasteiger partial charge is 0.368 e. The van der Waals surface area contributed by atoms with Gasteiger partial charge in [0.1, 0.15) is 0 Å². The van der Waals surface area contributed by atoms with Gasteiger partial charge in [0.2, 0.25) is 0 Å². The van der Waals surface area contributed by atoms with Crippen molar-refractivity contribution in [2.75, 3.05) is 31.1 Å². The normalized spacial score (nSPS) is 14.4. The van der Waals surface area contributed by atoms with Crippen LogP contribution in [0, 0.1) is 3.57 Å². The minimum absolute atomic E-state index is 0.151. The summed E-state index contributed by atoms with van der Waals surface area (Å²) < 4.78 is 1.10. The number of rotatable bonds is 2. The number of para-hydroxylation sites is 1. The third kappa shape index (κ3) is 4.24. The Morgan fingerprint density at radius 1 is 0.958 bits per heavy atom. The zero-order valence-electron chi connectivity index (χ0n) is 13.1. The van der Waals surface area contributed by atoms with Crippen LogP contribution in [0.1, 0.15) is 10.4 Å². The van der Waals surface area contributed by atoms with E-state index in [-0.39, 0.29) is 5.91 Å². The summed E-state index contributed by atoms with van der Waals surface area (Å²) in [7, 11) is 0. The second-order valence-electron chi connectivity index (χ2n) is 5.58. The van der Waals surface area contributed by atoms with Gasteiger partial charge in [-0.25, -0.2) is 0 Å². The van der Waals surface area contributed by atoms with Crippen LogP contribution >= 0.6 is 34.8 Å². The number of halogens is 1. The summed E-state index contributed by atoms with van der Waals surface area (Å²) in [5.41, 5.74) is 1.85. The van der Waals surface area contributed by atoms with Crippen LogP contribution in [0.2, 0.25) is 0 Å². The molecule has 1 saturated heterocycles. The molecule has 124 valence electrons. The predicted octanol–water partition coefficient (Wildman–Crippen LogP) is 3.13. The molecule has 1 aliphatic heterocycles. The Hall–Kier alpha value is -1.67. The Kier molecular flexibility index (Phi) is 5.68. The van der Waals surface area contributed by atoms with Crippen LogP contribution in [0.5, 0.6) is 0 Å². The van der Waals surface area contributed by atoms with Crippen molar-refractivity contribution in [1.29, 1.82) is 0 Å². The van der Waals surface area contributed by atoms with E-state index in [1.165, 1.54) is 5.69 Å². The molecule has 0 radical (unpaired) electrons. The summed E-state index contributed by atoms with van der Waals surface area (Å²) in [6.45, 7) is 3.40. The predicted molar refractivity (Wildman–Crippen MR) is 109 cm³/mol. The zero-order chi connectivity index (χ0) is 16.9. The third-order valence-corrected chi connectivity index (χ3v) is 5.09. The van der Waals surface area contributed by atoms with Gasteiger partial charge in [0, 0.05) is 41.0 Å². The molecule has 0 aliphatic carbocycles. The molecule has 1 amide bonds. The summed E-state index contributed by atoms with van der Waals surface area (Å²) in [6, 6.07) is 17.8. The number of carbonyl (C=O) groups excluding carboxylic acids is 1. The van der Waals surface area contributed by atoms with E-state index in [9.17, 15) is 4.79 Å². The van der Waals surface area contributed by atoms with Gasteiger partial charge in [-0.3, -0.25) is 10.1 Å². The fourth-order valence-corrected chi connectivity index (χ4v) is 3.29. The van der Waals surface area contributed by atoms with Crippen LogP contribution in [0.3, 0.4) is 0 Å². The first-order valence-corrected chi connectivity index (χ1v) is 9.28. The minimum atomic E-state index is -0.151. The molecule has 6 heteroatoms. The van der Waals surface area contributed by atoms with Crippen molar-refractivity contribution in [1.82, 2.24) is 10.2 Å². The van der Waals surface area contributed by atoms with Crippen LogP contribution in [0.15, 0.2) is 54.6 Å². The first-order valence-electron chi connectivity index (χ1n) is 7.79. The minimum Gasteiger partial charge on any atom is -0.368 e. The number of benzene rings is 2. The van der Waals surface area contributed by atoms with Crippen molar-refractivity contribution in [3.05, 3.63) is 63.7 Å². The Morgan fingerprint density at radius 2 is 1.58 bits per heavy atom. The lowest BCUT2D eigenvalue weighted by Gasteiger charge is -2.37. The molecule has 0 saturated carbocycles. The molecule has 2 aromatic rings. The SMILES string of the molecule is O=C(NC(=S)N1CCN(c2ccccc2)CC1)c1ccc(I)cc1. The van der Waals surface area contributed by atoms with Gasteiger partial charge in [-0.05, 0) is 71.2 Å². The number of thiocarbonyl (C=S) groups is 1. The molecule has 0 bridgehead atoms. The van der Waals surface area contributed by atoms with E-state index in [2.05, 4.69) is 49.8 Å². The number of hydrogen-bond donors (Lipinski definition) is 1. The summed E-state index contributed by atoms with van der Waals surface area (Å²) in [5.74, 6) is -0.151. The first kappa shape index (κ1) is 17.2. The van der Waals surface area contributed by atoms with Crippen molar-refractivity contribution in [2.24, 2.45) is 0 Å². The van der Waals surface area contributed by atoms with Crippen molar-refractivity contribution >= 4 is 51.5 Å². The number of carbonyl (C=O) groups is 1. The Morgan fingerprint density at radius 3 is 2.21 bits per heavy atom. The maximum absolute atomic E-state index is 12.3. The Balaban J connectivity index is 1.53. The molecular formula is C18H18IN3OS. The highest BCUT2D eigenvalue weighted by Crippen LogP contribution is 2.15. The molecule has 0 unspecified atom stereocenters. The molecule has 2 aromatic carbocycles. The number of amides is 1. The summed E-state index contributed by atoms with van der Waals surface area (Å²) >= 11 is 7.62. The molecule has 0 aromatic heterocycles. The molecule has 1 N–H and O–H groups in total. The second kappa shape index (κ2) is 7.94. The Labute approximate surface area is 161 Å². The summed E-state index contributed by atoms with van der Waals surface area (Å²) in [4.78, 5) is 16.6. The molecule has 1 fully saturated rings. The topological polar surface area (TPSA) is 35.6 Å². The molecular weight excluding hydrogens is 433 g/mol. The maximum Gasteiger partial charge on any atom is 0.257 e. The lowest BCUT2D eigenvalue weighted by Crippen LogP contribution is -2.52. The van der Waals surface area contributed by atoms with Gasteiger partial charge in [0.15, 0.2) is 5.11 Å². The Bertz CT molecular complexity index is 713. The highest BCUT2D eigenvalue weighted by atomic mass is 127. The number of piperazine rings is 1. The van der Waals surface area contributed by atoms with Crippen LogP contribution < -0.4 is 10.2 Å². The van der Waals surface area contributed by atoms with E-state index in [4.69, 9.17) is 12.2 Å². The van der Waals surface area contributed by atoms with Gasteiger partial charge < -0.3 is 9.80 Å². The van der Waals surface area contributed by atoms with Gasteiger partial charge in [0.25, 0.3) is 5.91 Å². The van der Waals surface area contributed by atoms with E-state index in [1.807, 2.05) is 42.5 Å². The molecule has 0 spiro atoms. The van der Waals surface area contributed by atoms with Crippen LogP contribution in [-0.2, 0) is 0 Å². The standard InChI is InChI=1S/C18H18IN3OS/c19-15-8-6-14(7-9-15)17(23)20-18(24)22-12-10-21(11-13-22)16-4-2-1-3-5-16/h1-9H,10-13H2,(H,20,23,24). The molecule has 4 nitrogen and oxygen atoms in total. The number of nitrogens with zero attached hydrogens (tertiary/aromatic N) is 2. The van der Waals surface area contributed by atoms with E-state index < -0.39 is 0 Å². The smallest absolute Gasteiger partial charge is 0.257 e. The van der Waals surface area contributed by atoms with E-state index >= 15 is 0 Å². The van der Waals surface area contributed by atoms with Crippen molar-refractivity contribution < 1.29 is 4.79 Å². The van der Waals surface area contributed by atoms with Gasteiger partial charge in [-0.1, -0.05) is 18.2 Å². The molecule has 0 atom stereocenters.